The van der Waals surface area contributed by atoms with E-state index in [1.54, 1.807) is 0 Å². The molecular weight excluding hydrogens is 352 g/mol. The van der Waals surface area contributed by atoms with Gasteiger partial charge in [-0.2, -0.15) is 0 Å². The average Bonchev–Trinajstić information content (AvgIpc) is 2.73. The molecule has 0 heterocycles. The van der Waals surface area contributed by atoms with Crippen molar-refractivity contribution in [2.24, 2.45) is 11.8 Å². The summed E-state index contributed by atoms with van der Waals surface area (Å²) in [5, 5.41) is 0. The van der Waals surface area contributed by atoms with E-state index in [-0.39, 0.29) is 0 Å². The Morgan fingerprint density at radius 2 is 0.793 bits per heavy atom. The minimum absolute atomic E-state index is 0.494. The minimum Gasteiger partial charge on any atom is -0.374 e. The maximum Gasteiger partial charge on any atom is 0.0607 e. The van der Waals surface area contributed by atoms with E-state index in [0.717, 1.165) is 11.8 Å². The molecule has 0 radical (unpaired) electrons. The van der Waals surface area contributed by atoms with Gasteiger partial charge in [0, 0.05) is 0 Å². The van der Waals surface area contributed by atoms with Crippen molar-refractivity contribution in [2.75, 3.05) is 0 Å². The zero-order valence-electron chi connectivity index (χ0n) is 21.4. The SMILES string of the molecule is CCCCCCCC(OC(CCCCCCC)C(CC)CCC)C(CC)CCC. The van der Waals surface area contributed by atoms with Crippen molar-refractivity contribution in [1.82, 2.24) is 0 Å². The van der Waals surface area contributed by atoms with Crippen LogP contribution in [0.1, 0.15) is 157 Å². The average molecular weight is 411 g/mol. The van der Waals surface area contributed by atoms with Gasteiger partial charge < -0.3 is 4.74 Å². The zero-order chi connectivity index (χ0) is 21.7. The summed E-state index contributed by atoms with van der Waals surface area (Å²) in [6, 6.07) is 0. The fraction of sp³-hybridized carbons (Fsp3) is 1.00. The zero-order valence-corrected chi connectivity index (χ0v) is 21.4. The van der Waals surface area contributed by atoms with Crippen LogP contribution in [0.25, 0.3) is 0 Å². The predicted octanol–water partition coefficient (Wildman–Crippen LogP) is 10.1. The molecule has 0 saturated carbocycles. The van der Waals surface area contributed by atoms with Gasteiger partial charge in [-0.1, -0.05) is 131 Å². The molecule has 0 N–H and O–H groups in total. The Balaban J connectivity index is 4.98. The van der Waals surface area contributed by atoms with Crippen LogP contribution in [0, 0.1) is 11.8 Å². The molecule has 0 bridgehead atoms. The molecular formula is C28H58O. The first kappa shape index (κ1) is 29.0. The molecule has 0 fully saturated rings. The molecule has 1 nitrogen and oxygen atoms in total. The van der Waals surface area contributed by atoms with Crippen LogP contribution in [0.15, 0.2) is 0 Å². The van der Waals surface area contributed by atoms with Crippen molar-refractivity contribution < 1.29 is 4.74 Å². The highest BCUT2D eigenvalue weighted by molar-refractivity contribution is 4.76. The van der Waals surface area contributed by atoms with E-state index < -0.39 is 0 Å². The van der Waals surface area contributed by atoms with Gasteiger partial charge in [-0.25, -0.2) is 0 Å². The summed E-state index contributed by atoms with van der Waals surface area (Å²) in [6.07, 6.45) is 25.2. The highest BCUT2D eigenvalue weighted by Crippen LogP contribution is 2.30. The first-order valence-corrected chi connectivity index (χ1v) is 13.8. The van der Waals surface area contributed by atoms with Crippen LogP contribution in [0.3, 0.4) is 0 Å². The first-order chi connectivity index (χ1) is 14.2. The van der Waals surface area contributed by atoms with Crippen molar-refractivity contribution in [3.63, 3.8) is 0 Å². The molecule has 29 heavy (non-hydrogen) atoms. The van der Waals surface area contributed by atoms with Crippen LogP contribution < -0.4 is 0 Å². The fourth-order valence-corrected chi connectivity index (χ4v) is 5.00. The monoisotopic (exact) mass is 410 g/mol. The third-order valence-electron chi connectivity index (χ3n) is 6.95. The molecule has 4 unspecified atom stereocenters. The Morgan fingerprint density at radius 1 is 0.414 bits per heavy atom. The van der Waals surface area contributed by atoms with Gasteiger partial charge >= 0.3 is 0 Å². The summed E-state index contributed by atoms with van der Waals surface area (Å²) < 4.78 is 7.07. The van der Waals surface area contributed by atoms with Crippen molar-refractivity contribution >= 4 is 0 Å². The smallest absolute Gasteiger partial charge is 0.0607 e. The number of rotatable bonds is 22. The van der Waals surface area contributed by atoms with E-state index in [9.17, 15) is 0 Å². The Kier molecular flexibility index (Phi) is 21.2. The van der Waals surface area contributed by atoms with Crippen molar-refractivity contribution in [1.29, 1.82) is 0 Å². The summed E-state index contributed by atoms with van der Waals surface area (Å²) in [6.45, 7) is 14.1. The maximum atomic E-state index is 7.07. The molecule has 0 aromatic heterocycles. The lowest BCUT2D eigenvalue weighted by Crippen LogP contribution is -2.33. The third kappa shape index (κ3) is 14.6. The predicted molar refractivity (Wildman–Crippen MR) is 133 cm³/mol. The molecule has 0 saturated heterocycles. The van der Waals surface area contributed by atoms with E-state index in [1.165, 1.54) is 116 Å². The Bertz CT molecular complexity index is 283. The number of ether oxygens (including phenoxy) is 1. The van der Waals surface area contributed by atoms with E-state index >= 15 is 0 Å². The minimum atomic E-state index is 0.494. The van der Waals surface area contributed by atoms with Gasteiger partial charge in [0.1, 0.15) is 0 Å². The molecule has 0 amide bonds. The van der Waals surface area contributed by atoms with Crippen LogP contribution in [-0.2, 0) is 4.74 Å². The lowest BCUT2D eigenvalue weighted by molar-refractivity contribution is -0.0818. The number of unbranched alkanes of at least 4 members (excludes halogenated alkanes) is 8. The first-order valence-electron chi connectivity index (χ1n) is 13.8. The van der Waals surface area contributed by atoms with Crippen LogP contribution in [0.4, 0.5) is 0 Å². The standard InChI is InChI=1S/C28H58O/c1-7-13-15-17-19-23-27(25(11-5)21-9-3)29-28(26(12-6)22-10-4)24-20-18-16-14-8-2/h25-28H,7-24H2,1-6H3. The van der Waals surface area contributed by atoms with Gasteiger partial charge in [0.05, 0.1) is 12.2 Å². The summed E-state index contributed by atoms with van der Waals surface area (Å²) in [5.74, 6) is 1.51. The number of hydrogen-bond acceptors (Lipinski definition) is 1. The molecule has 0 aromatic rings. The Morgan fingerprint density at radius 3 is 1.10 bits per heavy atom. The van der Waals surface area contributed by atoms with Gasteiger partial charge in [0.25, 0.3) is 0 Å². The quantitative estimate of drug-likeness (QED) is 0.161. The van der Waals surface area contributed by atoms with E-state index in [2.05, 4.69) is 41.5 Å². The fourth-order valence-electron chi connectivity index (χ4n) is 5.00. The maximum absolute atomic E-state index is 7.07. The largest absolute Gasteiger partial charge is 0.374 e. The van der Waals surface area contributed by atoms with Gasteiger partial charge in [-0.3, -0.25) is 0 Å². The normalized spacial score (nSPS) is 15.9. The second-order valence-corrected chi connectivity index (χ2v) is 9.53. The number of hydrogen-bond donors (Lipinski definition) is 0. The lowest BCUT2D eigenvalue weighted by Gasteiger charge is -2.35. The highest BCUT2D eigenvalue weighted by atomic mass is 16.5. The van der Waals surface area contributed by atoms with Gasteiger partial charge in [-0.15, -0.1) is 0 Å². The molecule has 0 rings (SSSR count). The topological polar surface area (TPSA) is 9.23 Å². The molecule has 176 valence electrons. The van der Waals surface area contributed by atoms with E-state index in [4.69, 9.17) is 4.74 Å². The van der Waals surface area contributed by atoms with Gasteiger partial charge in [0.2, 0.25) is 0 Å². The van der Waals surface area contributed by atoms with E-state index in [1.807, 2.05) is 0 Å². The summed E-state index contributed by atoms with van der Waals surface area (Å²) in [7, 11) is 0. The van der Waals surface area contributed by atoms with E-state index in [0.29, 0.717) is 12.2 Å². The highest BCUT2D eigenvalue weighted by Gasteiger charge is 2.27. The van der Waals surface area contributed by atoms with Crippen LogP contribution in [-0.4, -0.2) is 12.2 Å². The van der Waals surface area contributed by atoms with Crippen molar-refractivity contribution in [2.45, 2.75) is 169 Å². The molecule has 0 aromatic carbocycles. The van der Waals surface area contributed by atoms with Gasteiger partial charge in [0.15, 0.2) is 0 Å². The molecule has 1 heteroatoms. The molecule has 0 spiro atoms. The van der Waals surface area contributed by atoms with Gasteiger partial charge in [-0.05, 0) is 37.5 Å². The van der Waals surface area contributed by atoms with Crippen LogP contribution in [0.5, 0.6) is 0 Å². The third-order valence-corrected chi connectivity index (χ3v) is 6.95. The summed E-state index contributed by atoms with van der Waals surface area (Å²) in [4.78, 5) is 0. The molecule has 4 atom stereocenters. The van der Waals surface area contributed by atoms with Crippen molar-refractivity contribution in [3.05, 3.63) is 0 Å². The Hall–Kier alpha value is -0.0400. The molecule has 0 aliphatic heterocycles. The second-order valence-electron chi connectivity index (χ2n) is 9.53. The van der Waals surface area contributed by atoms with Crippen LogP contribution in [0.2, 0.25) is 0 Å². The summed E-state index contributed by atoms with van der Waals surface area (Å²) >= 11 is 0. The molecule has 0 aliphatic carbocycles. The Labute approximate surface area is 186 Å². The van der Waals surface area contributed by atoms with Crippen LogP contribution >= 0.6 is 0 Å². The summed E-state index contributed by atoms with van der Waals surface area (Å²) in [5.41, 5.74) is 0. The lowest BCUT2D eigenvalue weighted by atomic mass is 9.87. The second kappa shape index (κ2) is 21.2. The molecule has 0 aliphatic rings. The van der Waals surface area contributed by atoms with Crippen molar-refractivity contribution in [3.8, 4) is 0 Å².